The lowest BCUT2D eigenvalue weighted by atomic mass is 9.86. The monoisotopic (exact) mass is 764 g/mol. The third kappa shape index (κ3) is 8.89. The van der Waals surface area contributed by atoms with Gasteiger partial charge in [-0.25, -0.2) is 19.0 Å². The standard InChI is InChI=1S/C36H34Cl2F3N3O6S/c1-2-47-31-15-22(7-9-29(31)49-35(40)41)30(16-24-25(37)17-42-18-26(24)38)48-34(45)33-10-8-23(51-33)19-44(28-6-4-3-5-27(28)39)36(46)50-32-20-43-13-11-21(32)12-14-43/h3-10,15,17-18,21,30,32,35H,2,11-14,16,19-20H2,1H3/p+1/t30-,32-/m0/s1. The van der Waals surface area contributed by atoms with Gasteiger partial charge in [-0.15, -0.1) is 11.3 Å². The third-order valence-electron chi connectivity index (χ3n) is 8.88. The maximum Gasteiger partial charge on any atom is 0.415 e. The maximum atomic E-state index is 15.1. The number of rotatable bonds is 13. The number of aromatic nitrogens is 1. The van der Waals surface area contributed by atoms with E-state index in [2.05, 4.69) is 14.6 Å². The Morgan fingerprint density at radius 1 is 1.04 bits per heavy atom. The summed E-state index contributed by atoms with van der Waals surface area (Å²) in [5.41, 5.74) is 0.945. The van der Waals surface area contributed by atoms with Gasteiger partial charge in [-0.1, -0.05) is 41.4 Å². The first-order valence-corrected chi connectivity index (χ1v) is 18.0. The summed E-state index contributed by atoms with van der Waals surface area (Å²) in [7, 11) is 0. The van der Waals surface area contributed by atoms with Crippen molar-refractivity contribution in [1.82, 2.24) is 4.90 Å². The Balaban J connectivity index is 1.24. The quantitative estimate of drug-likeness (QED) is 0.126. The zero-order valence-electron chi connectivity index (χ0n) is 27.5. The molecule has 0 unspecified atom stereocenters. The van der Waals surface area contributed by atoms with E-state index in [1.54, 1.807) is 25.1 Å². The summed E-state index contributed by atoms with van der Waals surface area (Å²) < 4.78 is 63.4. The van der Waals surface area contributed by atoms with Gasteiger partial charge < -0.3 is 18.9 Å². The van der Waals surface area contributed by atoms with E-state index in [1.807, 2.05) is 0 Å². The van der Waals surface area contributed by atoms with Crippen LogP contribution in [0.2, 0.25) is 10.0 Å². The Morgan fingerprint density at radius 2 is 1.78 bits per heavy atom. The highest BCUT2D eigenvalue weighted by atomic mass is 35.5. The number of hydrogen-bond donors (Lipinski definition) is 0. The molecule has 1 N–H and O–H groups in total. The number of fused-ring (bicyclic) bond motifs is 3. The van der Waals surface area contributed by atoms with Gasteiger partial charge >= 0.3 is 18.7 Å². The molecule has 9 nitrogen and oxygen atoms in total. The summed E-state index contributed by atoms with van der Waals surface area (Å²) in [6, 6.07) is 13.4. The minimum atomic E-state index is -3.08. The molecule has 1 amide bonds. The highest BCUT2D eigenvalue weighted by Gasteiger charge is 2.38. The lowest BCUT2D eigenvalue weighted by Gasteiger charge is -2.44. The number of aromatic amines is 1. The number of pyridine rings is 1. The van der Waals surface area contributed by atoms with Crippen molar-refractivity contribution in [2.45, 2.75) is 51.6 Å². The Labute approximate surface area is 306 Å². The number of hydrogen-bond acceptors (Lipinski definition) is 8. The lowest BCUT2D eigenvalue weighted by Crippen LogP contribution is -2.53. The van der Waals surface area contributed by atoms with Crippen molar-refractivity contribution in [2.75, 3.05) is 31.1 Å². The molecule has 7 rings (SSSR count). The van der Waals surface area contributed by atoms with E-state index >= 15 is 4.39 Å². The number of nitrogens with zero attached hydrogens (tertiary/aromatic N) is 2. The van der Waals surface area contributed by atoms with Crippen molar-refractivity contribution in [3.8, 4) is 11.5 Å². The van der Waals surface area contributed by atoms with Crippen molar-refractivity contribution in [3.05, 3.63) is 104 Å². The molecule has 5 heterocycles. The lowest BCUT2D eigenvalue weighted by molar-refractivity contribution is -0.377. The summed E-state index contributed by atoms with van der Waals surface area (Å²) in [6.45, 7) is 1.30. The first-order valence-electron chi connectivity index (χ1n) is 16.4. The topological polar surface area (TPSA) is 91.7 Å². The molecule has 2 aromatic carbocycles. The van der Waals surface area contributed by atoms with Gasteiger partial charge in [0.2, 0.25) is 0 Å². The van der Waals surface area contributed by atoms with E-state index in [1.165, 1.54) is 53.7 Å². The molecule has 51 heavy (non-hydrogen) atoms. The predicted molar refractivity (Wildman–Crippen MR) is 185 cm³/mol. The zero-order valence-corrected chi connectivity index (χ0v) is 29.8. The molecule has 0 saturated carbocycles. The number of piperidine rings is 3. The van der Waals surface area contributed by atoms with Gasteiger partial charge in [0.25, 0.3) is 0 Å². The van der Waals surface area contributed by atoms with Crippen molar-refractivity contribution in [2.24, 2.45) is 5.92 Å². The van der Waals surface area contributed by atoms with Crippen LogP contribution in [-0.2, 0) is 22.4 Å². The van der Waals surface area contributed by atoms with E-state index in [4.69, 9.17) is 37.4 Å². The van der Waals surface area contributed by atoms with E-state index < -0.39 is 30.6 Å². The average Bonchev–Trinajstić information content (AvgIpc) is 3.59. The Morgan fingerprint density at radius 3 is 2.45 bits per heavy atom. The summed E-state index contributed by atoms with van der Waals surface area (Å²) in [5.74, 6) is -1.18. The Bertz CT molecular complexity index is 1840. The van der Waals surface area contributed by atoms with Gasteiger partial charge in [0, 0.05) is 23.4 Å². The first kappa shape index (κ1) is 36.7. The van der Waals surface area contributed by atoms with Gasteiger partial charge in [-0.2, -0.15) is 8.78 Å². The molecule has 3 fully saturated rings. The van der Waals surface area contributed by atoms with Gasteiger partial charge in [-0.3, -0.25) is 9.80 Å². The molecular weight excluding hydrogens is 730 g/mol. The molecule has 2 atom stereocenters. The number of anilines is 1. The van der Waals surface area contributed by atoms with Crippen molar-refractivity contribution in [1.29, 1.82) is 0 Å². The number of amides is 1. The van der Waals surface area contributed by atoms with E-state index in [9.17, 15) is 18.4 Å². The molecule has 4 aromatic rings. The van der Waals surface area contributed by atoms with Crippen LogP contribution in [0, 0.1) is 11.7 Å². The van der Waals surface area contributed by atoms with Gasteiger partial charge in [0.05, 0.1) is 18.8 Å². The van der Waals surface area contributed by atoms with E-state index in [-0.39, 0.29) is 53.7 Å². The number of H-pyrrole nitrogens is 1. The smallest absolute Gasteiger partial charge is 0.415 e. The number of esters is 1. The van der Waals surface area contributed by atoms with Crippen LogP contribution in [0.4, 0.5) is 23.7 Å². The van der Waals surface area contributed by atoms with Crippen LogP contribution in [0.5, 0.6) is 11.5 Å². The fraction of sp³-hybridized carbons (Fsp3) is 0.361. The molecule has 3 saturated heterocycles. The van der Waals surface area contributed by atoms with Crippen molar-refractivity contribution in [3.63, 3.8) is 0 Å². The second kappa shape index (κ2) is 16.5. The number of para-hydroxylation sites is 1. The maximum absolute atomic E-state index is 15.1. The molecule has 0 aliphatic carbocycles. The van der Waals surface area contributed by atoms with Crippen molar-refractivity contribution >= 4 is 52.3 Å². The number of alkyl halides is 2. The minimum absolute atomic E-state index is 0.0312. The molecule has 2 bridgehead atoms. The van der Waals surface area contributed by atoms with Gasteiger partial charge in [0.1, 0.15) is 32.9 Å². The summed E-state index contributed by atoms with van der Waals surface area (Å²) in [5, 5.41) is 0.589. The highest BCUT2D eigenvalue weighted by Crippen LogP contribution is 2.37. The summed E-state index contributed by atoms with van der Waals surface area (Å²) >= 11 is 14.0. The minimum Gasteiger partial charge on any atom is -0.490 e. The number of halogens is 5. The Kier molecular flexibility index (Phi) is 11.9. The molecule has 15 heteroatoms. The van der Waals surface area contributed by atoms with Gasteiger partial charge in [0.15, 0.2) is 23.9 Å². The number of carbonyl (C=O) groups is 2. The molecule has 270 valence electrons. The second-order valence-electron chi connectivity index (χ2n) is 12.1. The third-order valence-corrected chi connectivity index (χ3v) is 10.6. The number of benzene rings is 2. The second-order valence-corrected chi connectivity index (χ2v) is 14.1. The number of carbonyl (C=O) groups excluding carboxylic acids is 2. The molecular formula is C36H35Cl2F3N3O6S+. The number of nitrogens with one attached hydrogen (secondary N) is 1. The molecule has 0 radical (unpaired) electrons. The normalized spacial score (nSPS) is 18.7. The van der Waals surface area contributed by atoms with Crippen LogP contribution < -0.4 is 19.4 Å². The molecule has 3 aliphatic heterocycles. The molecule has 0 spiro atoms. The fourth-order valence-corrected chi connectivity index (χ4v) is 7.75. The first-order chi connectivity index (χ1) is 24.6. The summed E-state index contributed by atoms with van der Waals surface area (Å²) in [6.07, 6.45) is 3.02. The van der Waals surface area contributed by atoms with Crippen LogP contribution in [0.1, 0.15) is 51.5 Å². The highest BCUT2D eigenvalue weighted by molar-refractivity contribution is 7.14. The molecule has 3 aliphatic rings. The predicted octanol–water partition coefficient (Wildman–Crippen LogP) is 8.39. The van der Waals surface area contributed by atoms with Crippen LogP contribution in [-0.4, -0.2) is 55.9 Å². The van der Waals surface area contributed by atoms with E-state index in [0.29, 0.717) is 32.6 Å². The van der Waals surface area contributed by atoms with Crippen LogP contribution >= 0.6 is 34.5 Å². The number of thiophene rings is 1. The van der Waals surface area contributed by atoms with Crippen LogP contribution in [0.25, 0.3) is 0 Å². The van der Waals surface area contributed by atoms with Crippen LogP contribution in [0.3, 0.4) is 0 Å². The SMILES string of the molecule is CCOc1cc([C@H](Cc2c(Cl)c[nH+]cc2Cl)OC(=O)c2ccc(CN(C(=O)O[C@H]3CN4CCC3CC4)c3ccccc3F)s2)ccc1OC(F)F. The average molecular weight is 766 g/mol. The van der Waals surface area contributed by atoms with Gasteiger partial charge in [-0.05, 0) is 80.7 Å². The van der Waals surface area contributed by atoms with E-state index in [0.717, 1.165) is 37.3 Å². The molecule has 2 aromatic heterocycles. The number of ether oxygens (including phenoxy) is 4. The zero-order chi connectivity index (χ0) is 36.1. The largest absolute Gasteiger partial charge is 0.490 e. The fourth-order valence-electron chi connectivity index (χ4n) is 6.34. The summed E-state index contributed by atoms with van der Waals surface area (Å²) in [4.78, 5) is 34.4. The Hall–Kier alpha value is -4.04. The van der Waals surface area contributed by atoms with Crippen molar-refractivity contribution < 1.29 is 46.7 Å². The van der Waals surface area contributed by atoms with Crippen LogP contribution in [0.15, 0.2) is 67.0 Å².